The third-order valence-electron chi connectivity index (χ3n) is 2.54. The van der Waals surface area contributed by atoms with E-state index < -0.39 is 11.9 Å². The SMILES string of the molecule is CCCNC(=O)NC(=O)Cn1cc(CNCC(C)C)nn1. The van der Waals surface area contributed by atoms with Crippen molar-refractivity contribution >= 4 is 11.9 Å². The smallest absolute Gasteiger partial charge is 0.321 e. The fourth-order valence-electron chi connectivity index (χ4n) is 1.58. The molecule has 118 valence electrons. The molecule has 0 aliphatic heterocycles. The zero-order valence-electron chi connectivity index (χ0n) is 12.8. The second kappa shape index (κ2) is 9.06. The Kier molecular flexibility index (Phi) is 7.38. The first-order valence-corrected chi connectivity index (χ1v) is 7.18. The maximum absolute atomic E-state index is 11.6. The molecule has 3 N–H and O–H groups in total. The van der Waals surface area contributed by atoms with E-state index in [1.165, 1.54) is 4.68 Å². The number of carbonyl (C=O) groups is 2. The van der Waals surface area contributed by atoms with Gasteiger partial charge in [-0.3, -0.25) is 10.1 Å². The molecule has 0 aromatic carbocycles. The summed E-state index contributed by atoms with van der Waals surface area (Å²) in [6.45, 7) is 8.19. The molecule has 1 heterocycles. The van der Waals surface area contributed by atoms with E-state index >= 15 is 0 Å². The Labute approximate surface area is 124 Å². The van der Waals surface area contributed by atoms with Crippen LogP contribution < -0.4 is 16.0 Å². The van der Waals surface area contributed by atoms with Crippen LogP contribution in [0.1, 0.15) is 32.9 Å². The quantitative estimate of drug-likeness (QED) is 0.639. The minimum absolute atomic E-state index is 0.0310. The predicted octanol–water partition coefficient (Wildman–Crippen LogP) is 0.260. The number of hydrogen-bond acceptors (Lipinski definition) is 5. The molecule has 3 amide bonds. The monoisotopic (exact) mass is 296 g/mol. The summed E-state index contributed by atoms with van der Waals surface area (Å²) in [6, 6.07) is -0.485. The second-order valence-corrected chi connectivity index (χ2v) is 5.24. The van der Waals surface area contributed by atoms with Gasteiger partial charge in [-0.1, -0.05) is 26.0 Å². The van der Waals surface area contributed by atoms with Crippen molar-refractivity contribution in [2.75, 3.05) is 13.1 Å². The van der Waals surface area contributed by atoms with Gasteiger partial charge in [0.05, 0.1) is 11.9 Å². The number of amides is 3. The zero-order valence-corrected chi connectivity index (χ0v) is 12.8. The van der Waals surface area contributed by atoms with Crippen LogP contribution in [0.15, 0.2) is 6.20 Å². The molecule has 0 atom stereocenters. The van der Waals surface area contributed by atoms with Crippen LogP contribution >= 0.6 is 0 Å². The van der Waals surface area contributed by atoms with E-state index in [9.17, 15) is 9.59 Å². The molecule has 0 aliphatic carbocycles. The highest BCUT2D eigenvalue weighted by Gasteiger charge is 2.09. The molecule has 1 rings (SSSR count). The van der Waals surface area contributed by atoms with Crippen molar-refractivity contribution in [3.05, 3.63) is 11.9 Å². The Morgan fingerprint density at radius 3 is 2.81 bits per heavy atom. The summed E-state index contributed by atoms with van der Waals surface area (Å²) in [4.78, 5) is 22.9. The Hall–Kier alpha value is -1.96. The van der Waals surface area contributed by atoms with Crippen LogP contribution in [0, 0.1) is 5.92 Å². The van der Waals surface area contributed by atoms with Gasteiger partial charge < -0.3 is 10.6 Å². The van der Waals surface area contributed by atoms with Crippen molar-refractivity contribution in [3.63, 3.8) is 0 Å². The van der Waals surface area contributed by atoms with Crippen LogP contribution in [-0.2, 0) is 17.9 Å². The molecule has 21 heavy (non-hydrogen) atoms. The predicted molar refractivity (Wildman–Crippen MR) is 78.4 cm³/mol. The molecule has 0 saturated heterocycles. The van der Waals surface area contributed by atoms with Gasteiger partial charge in [0.1, 0.15) is 6.54 Å². The number of carbonyl (C=O) groups excluding carboxylic acids is 2. The molecular weight excluding hydrogens is 272 g/mol. The van der Waals surface area contributed by atoms with Gasteiger partial charge in [0.25, 0.3) is 0 Å². The number of nitrogens with one attached hydrogen (secondary N) is 3. The van der Waals surface area contributed by atoms with Crippen molar-refractivity contribution in [2.24, 2.45) is 5.92 Å². The summed E-state index contributed by atoms with van der Waals surface area (Å²) in [7, 11) is 0. The molecule has 0 radical (unpaired) electrons. The minimum atomic E-state index is -0.485. The highest BCUT2D eigenvalue weighted by Crippen LogP contribution is 1.94. The number of rotatable bonds is 8. The molecule has 0 fully saturated rings. The molecule has 0 spiro atoms. The fraction of sp³-hybridized carbons (Fsp3) is 0.692. The lowest BCUT2D eigenvalue weighted by Crippen LogP contribution is -2.41. The molecule has 0 unspecified atom stereocenters. The largest absolute Gasteiger partial charge is 0.338 e. The summed E-state index contributed by atoms with van der Waals surface area (Å²) in [5, 5.41) is 15.9. The Bertz CT molecular complexity index is 457. The first-order chi connectivity index (χ1) is 10.0. The normalized spacial score (nSPS) is 10.7. The molecule has 0 saturated carbocycles. The van der Waals surface area contributed by atoms with Gasteiger partial charge in [-0.05, 0) is 18.9 Å². The van der Waals surface area contributed by atoms with Gasteiger partial charge in [0.2, 0.25) is 5.91 Å². The number of imide groups is 1. The number of urea groups is 1. The van der Waals surface area contributed by atoms with E-state index in [1.807, 2.05) is 6.92 Å². The Morgan fingerprint density at radius 1 is 1.38 bits per heavy atom. The maximum atomic E-state index is 11.6. The summed E-state index contributed by atoms with van der Waals surface area (Å²) < 4.78 is 1.41. The standard InChI is InChI=1S/C13H24N6O2/c1-4-5-15-13(21)16-12(20)9-19-8-11(17-18-19)7-14-6-10(2)3/h8,10,14H,4-7,9H2,1-3H3,(H2,15,16,20,21). The van der Waals surface area contributed by atoms with Crippen molar-refractivity contribution < 1.29 is 9.59 Å². The zero-order chi connectivity index (χ0) is 15.7. The minimum Gasteiger partial charge on any atom is -0.338 e. The maximum Gasteiger partial charge on any atom is 0.321 e. The number of nitrogens with zero attached hydrogens (tertiary/aromatic N) is 3. The molecule has 8 nitrogen and oxygen atoms in total. The summed E-state index contributed by atoms with van der Waals surface area (Å²) >= 11 is 0. The number of aromatic nitrogens is 3. The average molecular weight is 296 g/mol. The third kappa shape index (κ3) is 7.40. The highest BCUT2D eigenvalue weighted by atomic mass is 16.2. The number of hydrogen-bond donors (Lipinski definition) is 3. The first-order valence-electron chi connectivity index (χ1n) is 7.18. The van der Waals surface area contributed by atoms with Crippen molar-refractivity contribution in [3.8, 4) is 0 Å². The lowest BCUT2D eigenvalue weighted by atomic mass is 10.2. The van der Waals surface area contributed by atoms with Gasteiger partial charge >= 0.3 is 6.03 Å². The summed E-state index contributed by atoms with van der Waals surface area (Å²) in [5.41, 5.74) is 0.763. The van der Waals surface area contributed by atoms with E-state index in [-0.39, 0.29) is 6.54 Å². The third-order valence-corrected chi connectivity index (χ3v) is 2.54. The lowest BCUT2D eigenvalue weighted by molar-refractivity contribution is -0.120. The fourth-order valence-corrected chi connectivity index (χ4v) is 1.58. The molecule has 8 heteroatoms. The van der Waals surface area contributed by atoms with Crippen LogP contribution in [0.3, 0.4) is 0 Å². The van der Waals surface area contributed by atoms with Crippen LogP contribution in [0.25, 0.3) is 0 Å². The van der Waals surface area contributed by atoms with E-state index in [2.05, 4.69) is 40.1 Å². The van der Waals surface area contributed by atoms with Crippen LogP contribution in [0.5, 0.6) is 0 Å². The Balaban J connectivity index is 2.33. The van der Waals surface area contributed by atoms with Crippen molar-refractivity contribution in [2.45, 2.75) is 40.3 Å². The van der Waals surface area contributed by atoms with Crippen LogP contribution in [0.2, 0.25) is 0 Å². The molecule has 0 bridgehead atoms. The van der Waals surface area contributed by atoms with Gasteiger partial charge in [-0.15, -0.1) is 5.10 Å². The molecule has 1 aromatic heterocycles. The van der Waals surface area contributed by atoms with Crippen molar-refractivity contribution in [1.29, 1.82) is 0 Å². The van der Waals surface area contributed by atoms with E-state index in [0.717, 1.165) is 18.7 Å². The van der Waals surface area contributed by atoms with Crippen LogP contribution in [0.4, 0.5) is 4.79 Å². The second-order valence-electron chi connectivity index (χ2n) is 5.24. The van der Waals surface area contributed by atoms with Crippen LogP contribution in [-0.4, -0.2) is 40.0 Å². The van der Waals surface area contributed by atoms with E-state index in [4.69, 9.17) is 0 Å². The van der Waals surface area contributed by atoms with Crippen molar-refractivity contribution in [1.82, 2.24) is 30.9 Å². The lowest BCUT2D eigenvalue weighted by Gasteiger charge is -2.05. The van der Waals surface area contributed by atoms with Gasteiger partial charge in [0.15, 0.2) is 0 Å². The first kappa shape index (κ1) is 17.1. The highest BCUT2D eigenvalue weighted by molar-refractivity contribution is 5.94. The molecule has 0 aliphatic rings. The topological polar surface area (TPSA) is 101 Å². The summed E-state index contributed by atoms with van der Waals surface area (Å²) in [5.74, 6) is 0.141. The average Bonchev–Trinajstić information content (AvgIpc) is 2.83. The van der Waals surface area contributed by atoms with Gasteiger partial charge in [-0.25, -0.2) is 9.48 Å². The van der Waals surface area contributed by atoms with Gasteiger partial charge in [0, 0.05) is 13.1 Å². The van der Waals surface area contributed by atoms with E-state index in [0.29, 0.717) is 19.0 Å². The summed E-state index contributed by atoms with van der Waals surface area (Å²) in [6.07, 6.45) is 2.51. The molecule has 1 aromatic rings. The van der Waals surface area contributed by atoms with Gasteiger partial charge in [-0.2, -0.15) is 0 Å². The van der Waals surface area contributed by atoms with E-state index in [1.54, 1.807) is 6.20 Å². The molecular formula is C13H24N6O2. The Morgan fingerprint density at radius 2 is 2.14 bits per heavy atom.